The normalized spacial score (nSPS) is 10.5. The van der Waals surface area contributed by atoms with Gasteiger partial charge in [-0.2, -0.15) is 10.5 Å². The van der Waals surface area contributed by atoms with Gasteiger partial charge in [0, 0.05) is 10.0 Å². The fourth-order valence-corrected chi connectivity index (χ4v) is 2.35. The van der Waals surface area contributed by atoms with Gasteiger partial charge in [-0.3, -0.25) is 0 Å². The maximum atomic E-state index is 9.45. The molecular weight excluding hydrogens is 352 g/mol. The topological polar surface area (TPSA) is 56.8 Å². The SMILES string of the molecule is C=CCOc1ccc(Br)cc1/C=C(\C#N)c1ccc(C#N)cc1. The van der Waals surface area contributed by atoms with Crippen LogP contribution < -0.4 is 4.74 Å². The van der Waals surface area contributed by atoms with Gasteiger partial charge in [0.05, 0.1) is 23.3 Å². The number of halogens is 1. The zero-order valence-corrected chi connectivity index (χ0v) is 13.9. The van der Waals surface area contributed by atoms with Gasteiger partial charge in [-0.25, -0.2) is 0 Å². The maximum Gasteiger partial charge on any atom is 0.127 e. The van der Waals surface area contributed by atoms with E-state index in [0.717, 1.165) is 15.6 Å². The van der Waals surface area contributed by atoms with Crippen molar-refractivity contribution in [2.45, 2.75) is 0 Å². The van der Waals surface area contributed by atoms with E-state index in [0.29, 0.717) is 23.5 Å². The molecule has 0 heterocycles. The summed E-state index contributed by atoms with van der Waals surface area (Å²) in [6.45, 7) is 4.03. The number of hydrogen-bond acceptors (Lipinski definition) is 3. The molecule has 0 amide bonds. The van der Waals surface area contributed by atoms with Crippen molar-refractivity contribution in [1.29, 1.82) is 10.5 Å². The summed E-state index contributed by atoms with van der Waals surface area (Å²) in [6, 6.07) is 16.8. The molecule has 0 aliphatic carbocycles. The molecule has 0 spiro atoms. The van der Waals surface area contributed by atoms with Crippen molar-refractivity contribution in [2.24, 2.45) is 0 Å². The Bertz CT molecular complexity index is 824. The highest BCUT2D eigenvalue weighted by molar-refractivity contribution is 9.10. The molecule has 0 fully saturated rings. The molecule has 0 saturated heterocycles. The van der Waals surface area contributed by atoms with Crippen LogP contribution in [-0.2, 0) is 0 Å². The van der Waals surface area contributed by atoms with Crippen molar-refractivity contribution in [3.8, 4) is 17.9 Å². The number of benzene rings is 2. The van der Waals surface area contributed by atoms with Crippen molar-refractivity contribution in [1.82, 2.24) is 0 Å². The Morgan fingerprint density at radius 2 is 1.91 bits per heavy atom. The van der Waals surface area contributed by atoms with E-state index in [2.05, 4.69) is 34.6 Å². The molecule has 0 aromatic heterocycles. The molecule has 4 heteroatoms. The first kappa shape index (κ1) is 16.5. The van der Waals surface area contributed by atoms with Gasteiger partial charge in [-0.05, 0) is 42.0 Å². The van der Waals surface area contributed by atoms with E-state index in [1.807, 2.05) is 18.2 Å². The monoisotopic (exact) mass is 364 g/mol. The minimum absolute atomic E-state index is 0.390. The summed E-state index contributed by atoms with van der Waals surface area (Å²) >= 11 is 3.43. The molecule has 0 aliphatic heterocycles. The largest absolute Gasteiger partial charge is 0.489 e. The van der Waals surface area contributed by atoms with Crippen molar-refractivity contribution < 1.29 is 4.74 Å². The summed E-state index contributed by atoms with van der Waals surface area (Å²) in [7, 11) is 0. The van der Waals surface area contributed by atoms with Crippen molar-refractivity contribution in [3.05, 3.63) is 76.3 Å². The molecule has 3 nitrogen and oxygen atoms in total. The molecule has 0 aliphatic rings. The van der Waals surface area contributed by atoms with Crippen LogP contribution in [0.5, 0.6) is 5.75 Å². The van der Waals surface area contributed by atoms with E-state index < -0.39 is 0 Å². The van der Waals surface area contributed by atoms with Crippen molar-refractivity contribution >= 4 is 27.6 Å². The van der Waals surface area contributed by atoms with Crippen LogP contribution in [0.25, 0.3) is 11.6 Å². The Balaban J connectivity index is 2.44. The van der Waals surface area contributed by atoms with E-state index >= 15 is 0 Å². The second-order valence-electron chi connectivity index (χ2n) is 4.64. The Morgan fingerprint density at radius 3 is 2.52 bits per heavy atom. The van der Waals surface area contributed by atoms with Crippen LogP contribution in [-0.4, -0.2) is 6.61 Å². The van der Waals surface area contributed by atoms with E-state index in [9.17, 15) is 5.26 Å². The molecule has 112 valence electrons. The average molecular weight is 365 g/mol. The summed E-state index contributed by atoms with van der Waals surface area (Å²) in [5.74, 6) is 0.675. The van der Waals surface area contributed by atoms with Gasteiger partial charge in [0.25, 0.3) is 0 Å². The lowest BCUT2D eigenvalue weighted by atomic mass is 10.0. The highest BCUT2D eigenvalue weighted by Gasteiger charge is 2.06. The number of ether oxygens (including phenoxy) is 1. The predicted octanol–water partition coefficient (Wildman–Crippen LogP) is 4.95. The van der Waals surface area contributed by atoms with Crippen LogP contribution in [0.15, 0.2) is 59.6 Å². The van der Waals surface area contributed by atoms with Crippen molar-refractivity contribution in [3.63, 3.8) is 0 Å². The number of nitriles is 2. The second kappa shape index (κ2) is 7.98. The van der Waals surface area contributed by atoms with E-state index in [-0.39, 0.29) is 0 Å². The van der Waals surface area contributed by atoms with Crippen LogP contribution in [0.3, 0.4) is 0 Å². The number of rotatable bonds is 5. The third kappa shape index (κ3) is 4.32. The Labute approximate surface area is 143 Å². The fourth-order valence-electron chi connectivity index (χ4n) is 1.97. The minimum atomic E-state index is 0.390. The van der Waals surface area contributed by atoms with Gasteiger partial charge in [0.2, 0.25) is 0 Å². The molecule has 0 saturated carbocycles. The first-order valence-corrected chi connectivity index (χ1v) is 7.63. The molecule has 0 radical (unpaired) electrons. The molecule has 23 heavy (non-hydrogen) atoms. The van der Waals surface area contributed by atoms with Crippen LogP contribution in [0, 0.1) is 22.7 Å². The summed E-state index contributed by atoms with van der Waals surface area (Å²) in [4.78, 5) is 0. The molecule has 0 atom stereocenters. The molecule has 0 unspecified atom stereocenters. The lowest BCUT2D eigenvalue weighted by molar-refractivity contribution is 0.362. The van der Waals surface area contributed by atoms with Crippen LogP contribution in [0.1, 0.15) is 16.7 Å². The van der Waals surface area contributed by atoms with Crippen molar-refractivity contribution in [2.75, 3.05) is 6.61 Å². The third-order valence-corrected chi connectivity index (χ3v) is 3.57. The molecule has 2 aromatic rings. The highest BCUT2D eigenvalue weighted by atomic mass is 79.9. The van der Waals surface area contributed by atoms with Crippen LogP contribution >= 0.6 is 15.9 Å². The summed E-state index contributed by atoms with van der Waals surface area (Å²) < 4.78 is 6.52. The van der Waals surface area contributed by atoms with Gasteiger partial charge in [0.1, 0.15) is 12.4 Å². The second-order valence-corrected chi connectivity index (χ2v) is 5.56. The van der Waals surface area contributed by atoms with Gasteiger partial charge in [0.15, 0.2) is 0 Å². The smallest absolute Gasteiger partial charge is 0.127 e. The quantitative estimate of drug-likeness (QED) is 0.428. The highest BCUT2D eigenvalue weighted by Crippen LogP contribution is 2.28. The lowest BCUT2D eigenvalue weighted by Gasteiger charge is -2.09. The van der Waals surface area contributed by atoms with Crippen LogP contribution in [0.2, 0.25) is 0 Å². The molecule has 2 aromatic carbocycles. The zero-order valence-electron chi connectivity index (χ0n) is 12.3. The fraction of sp³-hybridized carbons (Fsp3) is 0.0526. The Kier molecular flexibility index (Phi) is 5.74. The predicted molar refractivity (Wildman–Crippen MR) is 94.5 cm³/mol. The Hall–Kier alpha value is -2.82. The average Bonchev–Trinajstić information content (AvgIpc) is 2.59. The maximum absolute atomic E-state index is 9.45. The van der Waals surface area contributed by atoms with Gasteiger partial charge >= 0.3 is 0 Å². The van der Waals surface area contributed by atoms with E-state index in [1.54, 1.807) is 36.4 Å². The van der Waals surface area contributed by atoms with E-state index in [1.165, 1.54) is 0 Å². The Morgan fingerprint density at radius 1 is 1.17 bits per heavy atom. The number of nitrogens with zero attached hydrogens (tertiary/aromatic N) is 2. The summed E-state index contributed by atoms with van der Waals surface area (Å²) in [5, 5.41) is 18.3. The lowest BCUT2D eigenvalue weighted by Crippen LogP contribution is -1.95. The van der Waals surface area contributed by atoms with Crippen LogP contribution in [0.4, 0.5) is 0 Å². The summed E-state index contributed by atoms with van der Waals surface area (Å²) in [5.41, 5.74) is 2.60. The van der Waals surface area contributed by atoms with Gasteiger partial charge in [-0.15, -0.1) is 0 Å². The van der Waals surface area contributed by atoms with E-state index in [4.69, 9.17) is 10.00 Å². The summed E-state index contributed by atoms with van der Waals surface area (Å²) in [6.07, 6.45) is 3.44. The molecule has 0 N–H and O–H groups in total. The minimum Gasteiger partial charge on any atom is -0.489 e. The molecule has 2 rings (SSSR count). The van der Waals surface area contributed by atoms with Gasteiger partial charge < -0.3 is 4.74 Å². The molecule has 0 bridgehead atoms. The first-order chi connectivity index (χ1) is 11.2. The standard InChI is InChI=1S/C19H13BrN2O/c1-2-9-23-19-8-7-18(20)11-16(19)10-17(13-22)15-5-3-14(12-21)4-6-15/h2-8,10-11H,1,9H2/b17-10+. The third-order valence-electron chi connectivity index (χ3n) is 3.07. The molecular formula is C19H13BrN2O. The number of allylic oxidation sites excluding steroid dienone is 1. The number of hydrogen-bond donors (Lipinski definition) is 0. The van der Waals surface area contributed by atoms with Gasteiger partial charge in [-0.1, -0.05) is 40.7 Å². The zero-order chi connectivity index (χ0) is 16.7. The first-order valence-electron chi connectivity index (χ1n) is 6.83.